The summed E-state index contributed by atoms with van der Waals surface area (Å²) < 4.78 is 15.1. The van der Waals surface area contributed by atoms with E-state index in [0.717, 1.165) is 31.2 Å². The summed E-state index contributed by atoms with van der Waals surface area (Å²) in [6, 6.07) is 6.16. The summed E-state index contributed by atoms with van der Waals surface area (Å²) in [5, 5.41) is 10.5. The molecule has 1 aliphatic rings. The van der Waals surface area contributed by atoms with Gasteiger partial charge in [0.2, 0.25) is 0 Å². The molecule has 1 N–H and O–H groups in total. The molecule has 1 aromatic heterocycles. The highest BCUT2D eigenvalue weighted by atomic mass is 19.1. The first-order valence-electron chi connectivity index (χ1n) is 7.83. The molecule has 3 rings (SSSR count). The standard InChI is InChI=1S/C16H20FN5O/c1-21-11-15(19-20-21)18-16(23)22-9-4-2-3-8-14(22)12-6-5-7-13(17)10-12/h5-7,10-11,14H,2-4,8-9H2,1H3,(H,18,23). The molecule has 1 saturated heterocycles. The molecule has 2 heterocycles. The van der Waals surface area contributed by atoms with Crippen molar-refractivity contribution < 1.29 is 9.18 Å². The topological polar surface area (TPSA) is 63.1 Å². The number of likely N-dealkylation sites (tertiary alicyclic amines) is 1. The Morgan fingerprint density at radius 1 is 1.35 bits per heavy atom. The quantitative estimate of drug-likeness (QED) is 0.925. The lowest BCUT2D eigenvalue weighted by atomic mass is 10.0. The second kappa shape index (κ2) is 6.76. The van der Waals surface area contributed by atoms with Crippen molar-refractivity contribution in [3.63, 3.8) is 0 Å². The van der Waals surface area contributed by atoms with Crippen molar-refractivity contribution in [2.45, 2.75) is 31.7 Å². The molecule has 23 heavy (non-hydrogen) atoms. The molecule has 1 aliphatic heterocycles. The van der Waals surface area contributed by atoms with E-state index in [4.69, 9.17) is 0 Å². The van der Waals surface area contributed by atoms with Gasteiger partial charge < -0.3 is 4.90 Å². The highest BCUT2D eigenvalue weighted by molar-refractivity contribution is 5.88. The first kappa shape index (κ1) is 15.5. The minimum absolute atomic E-state index is 0.120. The van der Waals surface area contributed by atoms with Gasteiger partial charge in [0.05, 0.1) is 12.2 Å². The van der Waals surface area contributed by atoms with E-state index >= 15 is 0 Å². The Hall–Kier alpha value is -2.44. The van der Waals surface area contributed by atoms with Crippen LogP contribution in [0.15, 0.2) is 30.5 Å². The van der Waals surface area contributed by atoms with E-state index in [1.54, 1.807) is 24.2 Å². The van der Waals surface area contributed by atoms with Gasteiger partial charge in [-0.05, 0) is 30.5 Å². The predicted molar refractivity (Wildman–Crippen MR) is 84.3 cm³/mol. The molecule has 0 radical (unpaired) electrons. The molecule has 2 amide bonds. The fraction of sp³-hybridized carbons (Fsp3) is 0.438. The number of urea groups is 1. The Labute approximate surface area is 134 Å². The largest absolute Gasteiger partial charge is 0.323 e. The van der Waals surface area contributed by atoms with Gasteiger partial charge in [0.1, 0.15) is 5.82 Å². The van der Waals surface area contributed by atoms with Gasteiger partial charge in [0.15, 0.2) is 5.82 Å². The van der Waals surface area contributed by atoms with Crippen LogP contribution < -0.4 is 5.32 Å². The average Bonchev–Trinajstić information content (AvgIpc) is 2.79. The van der Waals surface area contributed by atoms with Crippen LogP contribution >= 0.6 is 0 Å². The van der Waals surface area contributed by atoms with E-state index in [-0.39, 0.29) is 17.9 Å². The van der Waals surface area contributed by atoms with E-state index in [9.17, 15) is 9.18 Å². The number of nitrogens with zero attached hydrogens (tertiary/aromatic N) is 4. The van der Waals surface area contributed by atoms with Crippen LogP contribution in [0.1, 0.15) is 37.3 Å². The summed E-state index contributed by atoms with van der Waals surface area (Å²) in [6.45, 7) is 0.646. The van der Waals surface area contributed by atoms with Gasteiger partial charge in [-0.3, -0.25) is 10.00 Å². The van der Waals surface area contributed by atoms with Gasteiger partial charge in [0.25, 0.3) is 0 Å². The van der Waals surface area contributed by atoms with Crippen molar-refractivity contribution in [1.82, 2.24) is 19.9 Å². The maximum atomic E-state index is 13.6. The second-order valence-corrected chi connectivity index (χ2v) is 5.82. The van der Waals surface area contributed by atoms with Crippen molar-refractivity contribution in [2.24, 2.45) is 7.05 Å². The lowest BCUT2D eigenvalue weighted by Gasteiger charge is -2.30. The Kier molecular flexibility index (Phi) is 4.55. The van der Waals surface area contributed by atoms with E-state index in [2.05, 4.69) is 15.6 Å². The summed E-state index contributed by atoms with van der Waals surface area (Å²) in [7, 11) is 1.74. The van der Waals surface area contributed by atoms with Gasteiger partial charge in [0, 0.05) is 13.6 Å². The van der Waals surface area contributed by atoms with Crippen molar-refractivity contribution in [1.29, 1.82) is 0 Å². The SMILES string of the molecule is Cn1cc(NC(=O)N2CCCCCC2c2cccc(F)c2)nn1. The highest BCUT2D eigenvalue weighted by Crippen LogP contribution is 2.30. The third kappa shape index (κ3) is 3.67. The number of nitrogens with one attached hydrogen (secondary N) is 1. The normalized spacial score (nSPS) is 18.5. The minimum atomic E-state index is -0.277. The zero-order valence-corrected chi connectivity index (χ0v) is 13.1. The number of aryl methyl sites for hydroxylation is 1. The summed E-state index contributed by atoms with van der Waals surface area (Å²) in [5.74, 6) is 0.140. The number of anilines is 1. The summed E-state index contributed by atoms with van der Waals surface area (Å²) in [4.78, 5) is 14.4. The molecule has 6 nitrogen and oxygen atoms in total. The lowest BCUT2D eigenvalue weighted by molar-refractivity contribution is 0.189. The van der Waals surface area contributed by atoms with Crippen LogP contribution in [-0.4, -0.2) is 32.5 Å². The zero-order chi connectivity index (χ0) is 16.2. The Morgan fingerprint density at radius 2 is 2.22 bits per heavy atom. The number of carbonyl (C=O) groups is 1. The van der Waals surface area contributed by atoms with Gasteiger partial charge in [-0.25, -0.2) is 9.18 Å². The zero-order valence-electron chi connectivity index (χ0n) is 13.1. The lowest BCUT2D eigenvalue weighted by Crippen LogP contribution is -2.38. The van der Waals surface area contributed by atoms with Crippen LogP contribution in [0, 0.1) is 5.82 Å². The smallest absolute Gasteiger partial charge is 0.317 e. The van der Waals surface area contributed by atoms with Crippen molar-refractivity contribution in [3.05, 3.63) is 41.8 Å². The van der Waals surface area contributed by atoms with E-state index < -0.39 is 0 Å². The van der Waals surface area contributed by atoms with Crippen LogP contribution in [0.25, 0.3) is 0 Å². The molecule has 7 heteroatoms. The minimum Gasteiger partial charge on any atom is -0.317 e. The van der Waals surface area contributed by atoms with Crippen LogP contribution in [0.4, 0.5) is 15.0 Å². The number of hydrogen-bond acceptors (Lipinski definition) is 3. The molecule has 1 fully saturated rings. The Balaban J connectivity index is 1.82. The third-order valence-electron chi connectivity index (χ3n) is 4.08. The van der Waals surface area contributed by atoms with Crippen molar-refractivity contribution >= 4 is 11.8 Å². The van der Waals surface area contributed by atoms with Crippen LogP contribution in [0.2, 0.25) is 0 Å². The van der Waals surface area contributed by atoms with Gasteiger partial charge in [-0.2, -0.15) is 0 Å². The molecule has 1 aromatic carbocycles. The monoisotopic (exact) mass is 317 g/mol. The summed E-state index contributed by atoms with van der Waals surface area (Å²) >= 11 is 0. The van der Waals surface area contributed by atoms with Crippen LogP contribution in [0.5, 0.6) is 0 Å². The number of benzene rings is 1. The molecule has 0 bridgehead atoms. The highest BCUT2D eigenvalue weighted by Gasteiger charge is 2.27. The Bertz CT molecular complexity index is 687. The molecule has 1 unspecified atom stereocenters. The number of amides is 2. The fourth-order valence-corrected chi connectivity index (χ4v) is 3.00. The average molecular weight is 317 g/mol. The van der Waals surface area contributed by atoms with Crippen LogP contribution in [-0.2, 0) is 7.05 Å². The van der Waals surface area contributed by atoms with Gasteiger partial charge in [-0.15, -0.1) is 5.10 Å². The maximum Gasteiger partial charge on any atom is 0.323 e. The third-order valence-corrected chi connectivity index (χ3v) is 4.08. The molecular formula is C16H20FN5O. The van der Waals surface area contributed by atoms with Crippen molar-refractivity contribution in [3.8, 4) is 0 Å². The second-order valence-electron chi connectivity index (χ2n) is 5.82. The van der Waals surface area contributed by atoms with E-state index in [1.807, 2.05) is 6.07 Å². The van der Waals surface area contributed by atoms with Gasteiger partial charge in [-0.1, -0.05) is 30.2 Å². The van der Waals surface area contributed by atoms with Crippen LogP contribution in [0.3, 0.4) is 0 Å². The molecule has 1 atom stereocenters. The molecule has 2 aromatic rings. The van der Waals surface area contributed by atoms with E-state index in [0.29, 0.717) is 12.4 Å². The number of hydrogen-bond donors (Lipinski definition) is 1. The first-order chi connectivity index (χ1) is 11.1. The molecule has 0 aliphatic carbocycles. The van der Waals surface area contributed by atoms with Gasteiger partial charge >= 0.3 is 6.03 Å². The Morgan fingerprint density at radius 3 is 2.96 bits per heavy atom. The fourth-order valence-electron chi connectivity index (χ4n) is 3.00. The molecule has 0 spiro atoms. The summed E-state index contributed by atoms with van der Waals surface area (Å²) in [6.07, 6.45) is 5.51. The number of carbonyl (C=O) groups excluding carboxylic acids is 1. The molecule has 122 valence electrons. The maximum absolute atomic E-state index is 13.6. The number of rotatable bonds is 2. The van der Waals surface area contributed by atoms with Crippen molar-refractivity contribution in [2.75, 3.05) is 11.9 Å². The number of halogens is 1. The predicted octanol–water partition coefficient (Wildman–Crippen LogP) is 3.10. The number of aromatic nitrogens is 3. The molecular weight excluding hydrogens is 297 g/mol. The first-order valence-corrected chi connectivity index (χ1v) is 7.83. The molecule has 0 saturated carbocycles. The van der Waals surface area contributed by atoms with E-state index in [1.165, 1.54) is 16.8 Å². The summed E-state index contributed by atoms with van der Waals surface area (Å²) in [5.41, 5.74) is 0.834.